The Morgan fingerprint density at radius 1 is 0.729 bits per heavy atom. The van der Waals surface area contributed by atoms with Crippen LogP contribution in [0, 0.1) is 11.3 Å². The van der Waals surface area contributed by atoms with Gasteiger partial charge in [-0.1, -0.05) is 54.6 Å². The zero-order valence-electron chi connectivity index (χ0n) is 47.5. The summed E-state index contributed by atoms with van der Waals surface area (Å²) in [6.07, 6.45) is -16.4. The van der Waals surface area contributed by atoms with Crippen molar-refractivity contribution in [3.05, 3.63) is 108 Å². The third-order valence-corrected chi connectivity index (χ3v) is 15.7. The summed E-state index contributed by atoms with van der Waals surface area (Å²) in [7, 11) is 1.34. The maximum absolute atomic E-state index is 13.8. The fourth-order valence-electron chi connectivity index (χ4n) is 9.66. The number of hydrogen-bond acceptors (Lipinski definition) is 15. The molecule has 0 radical (unpaired) electrons. The van der Waals surface area contributed by atoms with E-state index in [9.17, 15) is 59.2 Å². The molecule has 85 heavy (non-hydrogen) atoms. The minimum atomic E-state index is -5.38. The Hall–Kier alpha value is -6.89. The van der Waals surface area contributed by atoms with Crippen LogP contribution in [0.5, 0.6) is 11.5 Å². The molecule has 2 N–H and O–H groups in total. The number of alkyl halides is 9. The predicted molar refractivity (Wildman–Crippen MR) is 293 cm³/mol. The maximum Gasteiger partial charge on any atom is 0.471 e. The Labute approximate surface area is 487 Å². The lowest BCUT2D eigenvalue weighted by atomic mass is 9.80. The molecule has 464 valence electrons. The molecule has 1 fully saturated rings. The van der Waals surface area contributed by atoms with E-state index in [1.165, 1.54) is 18.0 Å². The van der Waals surface area contributed by atoms with Gasteiger partial charge in [-0.05, 0) is 94.3 Å². The van der Waals surface area contributed by atoms with E-state index in [0.29, 0.717) is 22.0 Å². The Morgan fingerprint density at radius 2 is 1.26 bits per heavy atom. The second-order valence-electron chi connectivity index (χ2n) is 20.1. The van der Waals surface area contributed by atoms with Gasteiger partial charge < -0.3 is 48.4 Å². The molecule has 5 aromatic rings. The molecule has 19 nitrogen and oxygen atoms in total. The summed E-state index contributed by atoms with van der Waals surface area (Å²) in [5.74, 6) is -5.44. The van der Waals surface area contributed by atoms with Gasteiger partial charge in [-0.15, -0.1) is 0 Å². The molecular formula is C56H68F9N10O9P. The molecule has 1 saturated heterocycles. The van der Waals surface area contributed by atoms with Crippen molar-refractivity contribution >= 4 is 43.2 Å². The Bertz CT molecular complexity index is 2920. The average Bonchev–Trinajstić information content (AvgIpc) is 2.17. The Balaban J connectivity index is 1.23. The molecule has 3 amide bonds. The number of unbranched alkanes of at least 4 members (excludes halogenated alkanes) is 1. The number of benzene rings is 3. The number of imidazole rings is 1. The van der Waals surface area contributed by atoms with Crippen molar-refractivity contribution in [3.63, 3.8) is 0 Å². The van der Waals surface area contributed by atoms with E-state index in [1.807, 2.05) is 107 Å². The van der Waals surface area contributed by atoms with Gasteiger partial charge in [0.2, 0.25) is 0 Å². The summed E-state index contributed by atoms with van der Waals surface area (Å²) in [5, 5.41) is 14.0. The largest absolute Gasteiger partial charge is 0.497 e. The summed E-state index contributed by atoms with van der Waals surface area (Å²) in [5.41, 5.74) is 1.63. The normalized spacial score (nSPS) is 16.2. The van der Waals surface area contributed by atoms with Gasteiger partial charge in [-0.25, -0.2) is 19.6 Å². The minimum absolute atomic E-state index is 0.0441. The lowest BCUT2D eigenvalue weighted by Gasteiger charge is -2.39. The molecule has 0 saturated carbocycles. The highest BCUT2D eigenvalue weighted by Crippen LogP contribution is 2.51. The van der Waals surface area contributed by atoms with Crippen molar-refractivity contribution in [1.82, 2.24) is 39.3 Å². The van der Waals surface area contributed by atoms with Crippen LogP contribution in [-0.2, 0) is 38.5 Å². The van der Waals surface area contributed by atoms with Gasteiger partial charge in [0.25, 0.3) is 8.53 Å². The van der Waals surface area contributed by atoms with Gasteiger partial charge in [0.15, 0.2) is 17.0 Å². The number of fused-ring (bicyclic) bond motifs is 1. The highest BCUT2D eigenvalue weighted by molar-refractivity contribution is 7.44. The number of nitrogens with zero attached hydrogens (tertiary/aromatic N) is 8. The van der Waals surface area contributed by atoms with E-state index in [4.69, 9.17) is 28.0 Å². The van der Waals surface area contributed by atoms with E-state index < -0.39 is 108 Å². The molecular weight excluding hydrogens is 1160 g/mol. The summed E-state index contributed by atoms with van der Waals surface area (Å²) in [6.45, 7) is 4.88. The zero-order valence-corrected chi connectivity index (χ0v) is 48.4. The first kappa shape index (κ1) is 67.2. The number of carbonyl (C=O) groups excluding carboxylic acids is 3. The number of ether oxygens (including phenoxy) is 4. The van der Waals surface area contributed by atoms with E-state index in [2.05, 4.69) is 31.0 Å². The number of hydrogen-bond donors (Lipinski definition) is 2. The molecule has 3 heterocycles. The summed E-state index contributed by atoms with van der Waals surface area (Å²) < 4.78 is 162. The lowest BCUT2D eigenvalue weighted by Crippen LogP contribution is -2.44. The molecule has 3 aromatic carbocycles. The maximum atomic E-state index is 13.8. The second kappa shape index (κ2) is 30.5. The standard InChI is InChI=1S/C56H68F9N10O9P/c1-37(2)75(38(3)4)85(82-32-12-25-66)84-44-33-46(83-45(44)34-81-53(39-15-8-7-9-16-39,40-17-21-42(79-5)22-18-40)41-19-23-43(80-6)24-20-41)74-36-71-47-48(69-35-70-49(47)74)67-26-13-30-72(51(77)55(60,61)62)28-10-11-29-73(52(78)56(63,64)65)31-14-27-68-50(76)54(57,58)59/h7-9,15-24,35-38,44-46H,10-14,26-34H2,1-6H3,(H,68,76)(H,67,69,70)/t44-,45+,46+,85?/m0/s1. The number of aromatic nitrogens is 4. The minimum Gasteiger partial charge on any atom is -0.497 e. The van der Waals surface area contributed by atoms with Crippen molar-refractivity contribution in [2.75, 3.05) is 72.0 Å². The highest BCUT2D eigenvalue weighted by Gasteiger charge is 2.47. The van der Waals surface area contributed by atoms with Crippen LogP contribution >= 0.6 is 8.53 Å². The number of anilines is 1. The van der Waals surface area contributed by atoms with Crippen LogP contribution in [0.25, 0.3) is 11.2 Å². The molecule has 0 bridgehead atoms. The third-order valence-electron chi connectivity index (χ3n) is 13.6. The van der Waals surface area contributed by atoms with Crippen molar-refractivity contribution in [1.29, 1.82) is 5.26 Å². The molecule has 2 aromatic heterocycles. The van der Waals surface area contributed by atoms with Crippen LogP contribution in [0.3, 0.4) is 0 Å². The zero-order chi connectivity index (χ0) is 62.1. The molecule has 0 spiro atoms. The summed E-state index contributed by atoms with van der Waals surface area (Å²) >= 11 is 0. The second-order valence-corrected chi connectivity index (χ2v) is 21.5. The van der Waals surface area contributed by atoms with E-state index in [-0.39, 0.29) is 80.2 Å². The number of rotatable bonds is 31. The Kier molecular flexibility index (Phi) is 24.1. The van der Waals surface area contributed by atoms with E-state index in [0.717, 1.165) is 16.7 Å². The predicted octanol–water partition coefficient (Wildman–Crippen LogP) is 10.2. The first-order valence-electron chi connectivity index (χ1n) is 27.2. The van der Waals surface area contributed by atoms with Crippen LogP contribution in [0.15, 0.2) is 91.5 Å². The van der Waals surface area contributed by atoms with E-state index in [1.54, 1.807) is 18.8 Å². The van der Waals surface area contributed by atoms with Crippen molar-refractivity contribution in [3.8, 4) is 17.6 Å². The number of methoxy groups -OCH3 is 2. The molecule has 1 aliphatic heterocycles. The SMILES string of the molecule is COc1ccc(C(OC[C@H]2O[C@@H](n3cnc4c(NCCCN(CCCCN(CCCNC(=O)C(F)(F)F)C(=O)C(F)(F)F)C(=O)C(F)(F)F)ncnc43)C[C@@H]2OP(OCCC#N)N(C(C)C)C(C)C)(c2ccccc2)c2ccc(OC)cc2)cc1. The molecule has 1 unspecified atom stereocenters. The molecule has 4 atom stereocenters. The Morgan fingerprint density at radius 3 is 1.76 bits per heavy atom. The quantitative estimate of drug-likeness (QED) is 0.0183. The van der Waals surface area contributed by atoms with Crippen LogP contribution < -0.4 is 20.1 Å². The summed E-state index contributed by atoms with van der Waals surface area (Å²) in [6, 6.07) is 26.8. The number of carbonyl (C=O) groups is 3. The molecule has 1 aliphatic rings. The monoisotopic (exact) mass is 1230 g/mol. The fourth-order valence-corrected chi connectivity index (χ4v) is 11.4. The molecule has 29 heteroatoms. The molecule has 6 rings (SSSR count). The number of nitrogens with one attached hydrogen (secondary N) is 2. The number of amides is 3. The van der Waals surface area contributed by atoms with Crippen molar-refractivity contribution < 1.29 is 81.9 Å². The van der Waals surface area contributed by atoms with Gasteiger partial charge in [0.05, 0.1) is 52.4 Å². The van der Waals surface area contributed by atoms with Gasteiger partial charge >= 0.3 is 36.3 Å². The first-order chi connectivity index (χ1) is 40.3. The topological polar surface area (TPSA) is 208 Å². The summed E-state index contributed by atoms with van der Waals surface area (Å²) in [4.78, 5) is 49.9. The van der Waals surface area contributed by atoms with Gasteiger partial charge in [-0.3, -0.25) is 19.0 Å². The molecule has 0 aliphatic carbocycles. The van der Waals surface area contributed by atoms with E-state index >= 15 is 0 Å². The highest BCUT2D eigenvalue weighted by atomic mass is 31.2. The smallest absolute Gasteiger partial charge is 0.471 e. The van der Waals surface area contributed by atoms with Crippen LogP contribution in [0.1, 0.15) is 89.1 Å². The van der Waals surface area contributed by atoms with Gasteiger partial charge in [0.1, 0.15) is 35.8 Å². The number of nitriles is 1. The van der Waals surface area contributed by atoms with Crippen LogP contribution in [0.2, 0.25) is 0 Å². The van der Waals surface area contributed by atoms with Crippen molar-refractivity contribution in [2.45, 2.75) is 121 Å². The first-order valence-corrected chi connectivity index (χ1v) is 28.3. The average molecular weight is 1230 g/mol. The number of halogens is 9. The van der Waals surface area contributed by atoms with Crippen molar-refractivity contribution in [2.24, 2.45) is 0 Å². The third kappa shape index (κ3) is 17.9. The van der Waals surface area contributed by atoms with Crippen LogP contribution in [0.4, 0.5) is 45.3 Å². The lowest BCUT2D eigenvalue weighted by molar-refractivity contribution is -0.186. The van der Waals surface area contributed by atoms with Gasteiger partial charge in [0, 0.05) is 57.8 Å². The van der Waals surface area contributed by atoms with Gasteiger partial charge in [-0.2, -0.15) is 44.8 Å². The fraction of sp³-hybridized carbons (Fsp3) is 0.518. The van der Waals surface area contributed by atoms with Crippen LogP contribution in [-0.4, -0.2) is 161 Å².